The Kier molecular flexibility index (Phi) is 4.46. The fourth-order valence-corrected chi connectivity index (χ4v) is 1.92. The number of nitrogens with two attached hydrogens (primary N) is 1. The Labute approximate surface area is 81.8 Å². The van der Waals surface area contributed by atoms with Crippen LogP contribution in [0.5, 0.6) is 0 Å². The van der Waals surface area contributed by atoms with Crippen LogP contribution in [0.4, 0.5) is 0 Å². The second kappa shape index (κ2) is 5.40. The average molecular weight is 182 g/mol. The fourth-order valence-electron chi connectivity index (χ4n) is 1.92. The van der Waals surface area contributed by atoms with Crippen LogP contribution in [0.2, 0.25) is 0 Å². The molecule has 0 aliphatic carbocycles. The Bertz CT molecular complexity index is 173. The minimum atomic E-state index is 0.692. The first-order valence-electron chi connectivity index (χ1n) is 5.36. The highest BCUT2D eigenvalue weighted by atomic mass is 15.1. The summed E-state index contributed by atoms with van der Waals surface area (Å²) in [4.78, 5) is 2.55. The monoisotopic (exact) mass is 182 g/mol. The van der Waals surface area contributed by atoms with Gasteiger partial charge in [-0.05, 0) is 39.7 Å². The molecule has 0 spiro atoms. The number of likely N-dealkylation sites (tertiary alicyclic amines) is 1. The van der Waals surface area contributed by atoms with Gasteiger partial charge in [-0.25, -0.2) is 0 Å². The van der Waals surface area contributed by atoms with Crippen molar-refractivity contribution in [2.75, 3.05) is 19.6 Å². The molecular formula is C11H22N2. The lowest BCUT2D eigenvalue weighted by molar-refractivity contribution is 0.232. The number of nitrogens with zero attached hydrogens (tertiary/aromatic N) is 1. The van der Waals surface area contributed by atoms with Crippen LogP contribution in [-0.2, 0) is 0 Å². The van der Waals surface area contributed by atoms with E-state index in [2.05, 4.69) is 24.8 Å². The highest BCUT2D eigenvalue weighted by Crippen LogP contribution is 2.17. The average Bonchev–Trinajstić information content (AvgIpc) is 2.30. The first-order valence-corrected chi connectivity index (χ1v) is 5.36. The molecule has 0 aromatic carbocycles. The van der Waals surface area contributed by atoms with Crippen LogP contribution in [0.25, 0.3) is 0 Å². The molecule has 1 heterocycles. The molecule has 0 unspecified atom stereocenters. The predicted octanol–water partition coefficient (Wildman–Crippen LogP) is 1.77. The van der Waals surface area contributed by atoms with Crippen LogP contribution in [-0.4, -0.2) is 30.6 Å². The SMILES string of the molecule is CC(C)N1CCCC(=CCN)CC1. The summed E-state index contributed by atoms with van der Waals surface area (Å²) < 4.78 is 0. The molecule has 0 radical (unpaired) electrons. The molecule has 0 atom stereocenters. The van der Waals surface area contributed by atoms with Gasteiger partial charge in [0.25, 0.3) is 0 Å². The van der Waals surface area contributed by atoms with Crippen molar-refractivity contribution in [3.8, 4) is 0 Å². The summed E-state index contributed by atoms with van der Waals surface area (Å²) in [6.07, 6.45) is 5.96. The molecule has 0 aromatic heterocycles. The Hall–Kier alpha value is -0.340. The normalized spacial score (nSPS) is 23.8. The van der Waals surface area contributed by atoms with Crippen molar-refractivity contribution in [3.63, 3.8) is 0 Å². The van der Waals surface area contributed by atoms with E-state index in [9.17, 15) is 0 Å². The Morgan fingerprint density at radius 3 is 2.77 bits per heavy atom. The zero-order valence-electron chi connectivity index (χ0n) is 8.92. The highest BCUT2D eigenvalue weighted by molar-refractivity contribution is 5.04. The second-order valence-electron chi connectivity index (χ2n) is 4.08. The molecule has 1 aliphatic rings. The molecule has 2 heteroatoms. The fraction of sp³-hybridized carbons (Fsp3) is 0.818. The van der Waals surface area contributed by atoms with E-state index in [4.69, 9.17) is 5.73 Å². The molecule has 13 heavy (non-hydrogen) atoms. The van der Waals surface area contributed by atoms with Gasteiger partial charge in [0.1, 0.15) is 0 Å². The lowest BCUT2D eigenvalue weighted by atomic mass is 10.1. The third-order valence-electron chi connectivity index (χ3n) is 2.80. The van der Waals surface area contributed by atoms with Gasteiger partial charge in [0, 0.05) is 19.1 Å². The first-order chi connectivity index (χ1) is 6.24. The van der Waals surface area contributed by atoms with Gasteiger partial charge in [-0.15, -0.1) is 0 Å². The topological polar surface area (TPSA) is 29.3 Å². The third kappa shape index (κ3) is 3.49. The number of rotatable bonds is 2. The second-order valence-corrected chi connectivity index (χ2v) is 4.08. The molecule has 2 nitrogen and oxygen atoms in total. The Morgan fingerprint density at radius 1 is 1.38 bits per heavy atom. The Balaban J connectivity index is 2.44. The third-order valence-corrected chi connectivity index (χ3v) is 2.80. The standard InChI is InChI=1S/C11H22N2/c1-10(2)13-8-3-4-11(5-7-12)6-9-13/h5,10H,3-4,6-9,12H2,1-2H3. The van der Waals surface area contributed by atoms with Gasteiger partial charge in [-0.1, -0.05) is 11.6 Å². The molecule has 1 aliphatic heterocycles. The molecular weight excluding hydrogens is 160 g/mol. The summed E-state index contributed by atoms with van der Waals surface area (Å²) in [7, 11) is 0. The molecule has 0 amide bonds. The van der Waals surface area contributed by atoms with Gasteiger partial charge in [0.15, 0.2) is 0 Å². The van der Waals surface area contributed by atoms with Crippen LogP contribution in [0, 0.1) is 0 Å². The summed E-state index contributed by atoms with van der Waals surface area (Å²) >= 11 is 0. The van der Waals surface area contributed by atoms with E-state index in [1.807, 2.05) is 0 Å². The summed E-state index contributed by atoms with van der Waals surface area (Å²) in [5.41, 5.74) is 7.08. The van der Waals surface area contributed by atoms with Gasteiger partial charge in [-0.2, -0.15) is 0 Å². The van der Waals surface area contributed by atoms with Gasteiger partial charge >= 0.3 is 0 Å². The van der Waals surface area contributed by atoms with E-state index in [0.29, 0.717) is 12.6 Å². The van der Waals surface area contributed by atoms with Crippen molar-refractivity contribution in [2.24, 2.45) is 5.73 Å². The largest absolute Gasteiger partial charge is 0.327 e. The quantitative estimate of drug-likeness (QED) is 0.659. The molecule has 0 aromatic rings. The maximum atomic E-state index is 5.51. The molecule has 0 bridgehead atoms. The maximum Gasteiger partial charge on any atom is 0.0109 e. The summed E-state index contributed by atoms with van der Waals surface area (Å²) in [5.74, 6) is 0. The molecule has 1 rings (SSSR count). The van der Waals surface area contributed by atoms with Crippen molar-refractivity contribution in [1.29, 1.82) is 0 Å². The van der Waals surface area contributed by atoms with Crippen molar-refractivity contribution < 1.29 is 0 Å². The van der Waals surface area contributed by atoms with E-state index in [0.717, 1.165) is 0 Å². The Morgan fingerprint density at radius 2 is 2.15 bits per heavy atom. The van der Waals surface area contributed by atoms with Crippen LogP contribution < -0.4 is 5.73 Å². The van der Waals surface area contributed by atoms with E-state index < -0.39 is 0 Å². The number of hydrogen-bond acceptors (Lipinski definition) is 2. The minimum Gasteiger partial charge on any atom is -0.327 e. The predicted molar refractivity (Wildman–Crippen MR) is 57.7 cm³/mol. The van der Waals surface area contributed by atoms with Gasteiger partial charge in [0.05, 0.1) is 0 Å². The van der Waals surface area contributed by atoms with Crippen LogP contribution >= 0.6 is 0 Å². The summed E-state index contributed by atoms with van der Waals surface area (Å²) in [6, 6.07) is 0.692. The lowest BCUT2D eigenvalue weighted by Gasteiger charge is -2.23. The van der Waals surface area contributed by atoms with E-state index in [-0.39, 0.29) is 0 Å². The van der Waals surface area contributed by atoms with Crippen molar-refractivity contribution in [2.45, 2.75) is 39.2 Å². The lowest BCUT2D eigenvalue weighted by Crippen LogP contribution is -2.31. The van der Waals surface area contributed by atoms with Crippen molar-refractivity contribution in [1.82, 2.24) is 4.90 Å². The molecule has 1 fully saturated rings. The van der Waals surface area contributed by atoms with Gasteiger partial charge in [-0.3, -0.25) is 0 Å². The van der Waals surface area contributed by atoms with Crippen molar-refractivity contribution in [3.05, 3.63) is 11.6 Å². The van der Waals surface area contributed by atoms with Gasteiger partial charge in [0.2, 0.25) is 0 Å². The molecule has 76 valence electrons. The molecule has 2 N–H and O–H groups in total. The van der Waals surface area contributed by atoms with Gasteiger partial charge < -0.3 is 10.6 Å². The maximum absolute atomic E-state index is 5.51. The van der Waals surface area contributed by atoms with E-state index in [1.54, 1.807) is 5.57 Å². The zero-order valence-corrected chi connectivity index (χ0v) is 8.92. The minimum absolute atomic E-state index is 0.692. The van der Waals surface area contributed by atoms with Crippen molar-refractivity contribution >= 4 is 0 Å². The first kappa shape index (κ1) is 10.7. The molecule has 1 saturated heterocycles. The smallest absolute Gasteiger partial charge is 0.0109 e. The molecule has 0 saturated carbocycles. The van der Waals surface area contributed by atoms with Crippen LogP contribution in [0.15, 0.2) is 11.6 Å². The van der Waals surface area contributed by atoms with E-state index in [1.165, 1.54) is 32.4 Å². The zero-order chi connectivity index (χ0) is 9.68. The summed E-state index contributed by atoms with van der Waals surface area (Å²) in [6.45, 7) is 7.72. The van der Waals surface area contributed by atoms with Crippen LogP contribution in [0.1, 0.15) is 33.1 Å². The highest BCUT2D eigenvalue weighted by Gasteiger charge is 2.13. The number of hydrogen-bond donors (Lipinski definition) is 1. The van der Waals surface area contributed by atoms with E-state index >= 15 is 0 Å². The summed E-state index contributed by atoms with van der Waals surface area (Å²) in [5, 5.41) is 0. The van der Waals surface area contributed by atoms with Crippen LogP contribution in [0.3, 0.4) is 0 Å².